The van der Waals surface area contributed by atoms with Crippen LogP contribution in [0.2, 0.25) is 0 Å². The largest absolute Gasteiger partial charge is 0.480 e. The lowest BCUT2D eigenvalue weighted by Crippen LogP contribution is -2.41. The molecular formula is C15H24N2O4. The number of carbonyl (C=O) groups is 3. The van der Waals surface area contributed by atoms with Crippen LogP contribution in [0.5, 0.6) is 0 Å². The summed E-state index contributed by atoms with van der Waals surface area (Å²) < 4.78 is 0. The second kappa shape index (κ2) is 6.45. The maximum Gasteiger partial charge on any atom is 0.323 e. The molecule has 1 unspecified atom stereocenters. The summed E-state index contributed by atoms with van der Waals surface area (Å²) >= 11 is 0. The molecule has 2 aliphatic rings. The lowest BCUT2D eigenvalue weighted by Gasteiger charge is -2.24. The first-order chi connectivity index (χ1) is 9.86. The Morgan fingerprint density at radius 3 is 2.57 bits per heavy atom. The number of carbonyl (C=O) groups excluding carboxylic acids is 2. The van der Waals surface area contributed by atoms with Crippen molar-refractivity contribution in [2.75, 3.05) is 26.2 Å². The molecule has 0 aromatic carbocycles. The normalized spacial score (nSPS) is 22.0. The molecule has 21 heavy (non-hydrogen) atoms. The lowest BCUT2D eigenvalue weighted by molar-refractivity contribution is -0.146. The summed E-state index contributed by atoms with van der Waals surface area (Å²) in [6.45, 7) is 5.41. The Morgan fingerprint density at radius 2 is 2.05 bits per heavy atom. The molecule has 0 radical (unpaired) electrons. The average molecular weight is 296 g/mol. The van der Waals surface area contributed by atoms with Crippen molar-refractivity contribution in [2.24, 2.45) is 17.8 Å². The molecule has 0 aromatic heterocycles. The summed E-state index contributed by atoms with van der Waals surface area (Å²) in [6.07, 6.45) is 2.34. The molecule has 2 amide bonds. The van der Waals surface area contributed by atoms with Crippen LogP contribution in [-0.2, 0) is 14.4 Å². The maximum atomic E-state index is 12.5. The van der Waals surface area contributed by atoms with Gasteiger partial charge in [-0.1, -0.05) is 13.8 Å². The zero-order valence-corrected chi connectivity index (χ0v) is 12.7. The van der Waals surface area contributed by atoms with Crippen molar-refractivity contribution in [3.05, 3.63) is 0 Å². The highest BCUT2D eigenvalue weighted by Gasteiger charge is 2.38. The molecule has 1 saturated carbocycles. The fourth-order valence-electron chi connectivity index (χ4n) is 2.82. The molecule has 118 valence electrons. The zero-order valence-electron chi connectivity index (χ0n) is 12.7. The van der Waals surface area contributed by atoms with Crippen LogP contribution in [-0.4, -0.2) is 58.9 Å². The Balaban J connectivity index is 1.96. The summed E-state index contributed by atoms with van der Waals surface area (Å²) in [6, 6.07) is 0. The van der Waals surface area contributed by atoms with Gasteiger partial charge in [-0.2, -0.15) is 0 Å². The fourth-order valence-corrected chi connectivity index (χ4v) is 2.82. The Bertz CT molecular complexity index is 431. The number of carboxylic acids is 1. The Hall–Kier alpha value is -1.59. The summed E-state index contributed by atoms with van der Waals surface area (Å²) in [5, 5.41) is 8.96. The van der Waals surface area contributed by atoms with Gasteiger partial charge in [0.15, 0.2) is 0 Å². The third-order valence-corrected chi connectivity index (χ3v) is 3.96. The predicted octanol–water partition coefficient (Wildman–Crippen LogP) is 0.814. The second-order valence-electron chi connectivity index (χ2n) is 6.65. The number of likely N-dealkylation sites (tertiary alicyclic amines) is 1. The lowest BCUT2D eigenvalue weighted by atomic mass is 10.1. The van der Waals surface area contributed by atoms with E-state index >= 15 is 0 Å². The number of hydrogen-bond donors (Lipinski definition) is 1. The fraction of sp³-hybridized carbons (Fsp3) is 0.800. The van der Waals surface area contributed by atoms with E-state index in [1.54, 1.807) is 4.90 Å². The Kier molecular flexibility index (Phi) is 4.85. The van der Waals surface area contributed by atoms with E-state index in [9.17, 15) is 14.4 Å². The van der Waals surface area contributed by atoms with Gasteiger partial charge in [-0.15, -0.1) is 0 Å². The number of nitrogens with zero attached hydrogens (tertiary/aromatic N) is 2. The van der Waals surface area contributed by atoms with Gasteiger partial charge in [0.1, 0.15) is 6.54 Å². The molecule has 1 aliphatic carbocycles. The first-order valence-electron chi connectivity index (χ1n) is 7.65. The van der Waals surface area contributed by atoms with Crippen LogP contribution in [0.1, 0.15) is 33.1 Å². The van der Waals surface area contributed by atoms with Crippen molar-refractivity contribution in [3.8, 4) is 0 Å². The van der Waals surface area contributed by atoms with Gasteiger partial charge in [0.25, 0.3) is 0 Å². The van der Waals surface area contributed by atoms with Crippen LogP contribution in [0, 0.1) is 17.8 Å². The van der Waals surface area contributed by atoms with Gasteiger partial charge in [-0.05, 0) is 24.7 Å². The third kappa shape index (κ3) is 4.44. The van der Waals surface area contributed by atoms with Crippen LogP contribution in [0.4, 0.5) is 0 Å². The summed E-state index contributed by atoms with van der Waals surface area (Å²) in [5.74, 6) is -0.740. The second-order valence-corrected chi connectivity index (χ2v) is 6.65. The Morgan fingerprint density at radius 1 is 1.38 bits per heavy atom. The van der Waals surface area contributed by atoms with Crippen molar-refractivity contribution in [1.82, 2.24) is 9.80 Å². The number of rotatable bonds is 7. The van der Waals surface area contributed by atoms with Crippen LogP contribution in [0.15, 0.2) is 0 Å². The van der Waals surface area contributed by atoms with Crippen molar-refractivity contribution in [2.45, 2.75) is 33.1 Å². The van der Waals surface area contributed by atoms with E-state index in [2.05, 4.69) is 0 Å². The molecule has 0 aromatic rings. The van der Waals surface area contributed by atoms with Crippen molar-refractivity contribution in [3.63, 3.8) is 0 Å². The molecule has 2 rings (SSSR count). The monoisotopic (exact) mass is 296 g/mol. The first-order valence-corrected chi connectivity index (χ1v) is 7.65. The summed E-state index contributed by atoms with van der Waals surface area (Å²) in [4.78, 5) is 38.5. The third-order valence-electron chi connectivity index (χ3n) is 3.96. The molecule has 1 atom stereocenters. The van der Waals surface area contributed by atoms with E-state index < -0.39 is 5.97 Å². The summed E-state index contributed by atoms with van der Waals surface area (Å²) in [5.41, 5.74) is 0. The number of carboxylic acid groups (broad SMARTS) is 1. The molecule has 1 aliphatic heterocycles. The van der Waals surface area contributed by atoms with Gasteiger partial charge in [0, 0.05) is 26.1 Å². The highest BCUT2D eigenvalue weighted by Crippen LogP contribution is 2.31. The van der Waals surface area contributed by atoms with Crippen LogP contribution in [0.25, 0.3) is 0 Å². The van der Waals surface area contributed by atoms with Crippen LogP contribution in [0.3, 0.4) is 0 Å². The van der Waals surface area contributed by atoms with E-state index in [1.165, 1.54) is 4.90 Å². The molecule has 1 saturated heterocycles. The quantitative estimate of drug-likeness (QED) is 0.754. The van der Waals surface area contributed by atoms with E-state index in [0.717, 1.165) is 12.8 Å². The SMILES string of the molecule is CC(C)CN1CC(C(=O)N(CC(=O)O)CC2CC2)CC1=O. The van der Waals surface area contributed by atoms with Crippen LogP contribution >= 0.6 is 0 Å². The minimum atomic E-state index is -0.993. The highest BCUT2D eigenvalue weighted by atomic mass is 16.4. The van der Waals surface area contributed by atoms with Gasteiger partial charge < -0.3 is 14.9 Å². The van der Waals surface area contributed by atoms with Gasteiger partial charge in [-0.25, -0.2) is 0 Å². The topological polar surface area (TPSA) is 77.9 Å². The van der Waals surface area contributed by atoms with E-state index in [1.807, 2.05) is 13.8 Å². The van der Waals surface area contributed by atoms with E-state index in [4.69, 9.17) is 5.11 Å². The molecule has 0 spiro atoms. The zero-order chi connectivity index (χ0) is 15.6. The molecular weight excluding hydrogens is 272 g/mol. The van der Waals surface area contributed by atoms with Crippen molar-refractivity contribution >= 4 is 17.8 Å². The summed E-state index contributed by atoms with van der Waals surface area (Å²) in [7, 11) is 0. The van der Waals surface area contributed by atoms with Crippen molar-refractivity contribution in [1.29, 1.82) is 0 Å². The number of hydrogen-bond acceptors (Lipinski definition) is 3. The molecule has 6 heteroatoms. The maximum absolute atomic E-state index is 12.5. The molecule has 1 heterocycles. The average Bonchev–Trinajstić information content (AvgIpc) is 3.11. The standard InChI is InChI=1S/C15H24N2O4/c1-10(2)6-16-8-12(5-13(16)18)15(21)17(9-14(19)20)7-11-3-4-11/h10-12H,3-9H2,1-2H3,(H,19,20). The van der Waals surface area contributed by atoms with Crippen LogP contribution < -0.4 is 0 Å². The van der Waals surface area contributed by atoms with Crippen molar-refractivity contribution < 1.29 is 19.5 Å². The molecule has 6 nitrogen and oxygen atoms in total. The smallest absolute Gasteiger partial charge is 0.323 e. The van der Waals surface area contributed by atoms with E-state index in [0.29, 0.717) is 31.5 Å². The number of aliphatic carboxylic acids is 1. The molecule has 2 fully saturated rings. The molecule has 0 bridgehead atoms. The minimum Gasteiger partial charge on any atom is -0.480 e. The van der Waals surface area contributed by atoms with Gasteiger partial charge in [-0.3, -0.25) is 14.4 Å². The molecule has 1 N–H and O–H groups in total. The Labute approximate surface area is 125 Å². The first kappa shape index (κ1) is 15.8. The van der Waals surface area contributed by atoms with Gasteiger partial charge in [0.2, 0.25) is 11.8 Å². The minimum absolute atomic E-state index is 0.00347. The highest BCUT2D eigenvalue weighted by molar-refractivity contribution is 5.90. The van der Waals surface area contributed by atoms with Gasteiger partial charge >= 0.3 is 5.97 Å². The predicted molar refractivity (Wildman–Crippen MR) is 76.5 cm³/mol. The number of amides is 2. The van der Waals surface area contributed by atoms with E-state index in [-0.39, 0.29) is 30.7 Å². The van der Waals surface area contributed by atoms with Gasteiger partial charge in [0.05, 0.1) is 5.92 Å².